The zero-order chi connectivity index (χ0) is 7.40. The fraction of sp³-hybridized carbons (Fsp3) is 0.500. The first-order valence-electron chi connectivity index (χ1n) is 3.06. The number of nitrogens with zero attached hydrogens (tertiary/aromatic N) is 1. The number of nitrogens with two attached hydrogens (primary N) is 1. The Labute approximate surface area is 58.9 Å². The van der Waals surface area contributed by atoms with Gasteiger partial charge in [0.25, 0.3) is 0 Å². The van der Waals surface area contributed by atoms with Crippen molar-refractivity contribution < 1.29 is 9.26 Å². The van der Waals surface area contributed by atoms with Crippen LogP contribution in [0.2, 0.25) is 0 Å². The summed E-state index contributed by atoms with van der Waals surface area (Å²) < 4.78 is 9.59. The Morgan fingerprint density at radius 1 is 1.80 bits per heavy atom. The Kier molecular flexibility index (Phi) is 2.28. The lowest BCUT2D eigenvalue weighted by molar-refractivity contribution is 0.258. The van der Waals surface area contributed by atoms with E-state index in [0.717, 1.165) is 12.0 Å². The molecule has 4 heteroatoms. The SMILES string of the molecule is COc1oncc1CCN. The summed E-state index contributed by atoms with van der Waals surface area (Å²) in [6.07, 6.45) is 2.36. The van der Waals surface area contributed by atoms with Gasteiger partial charge in [-0.05, 0) is 13.0 Å². The Bertz CT molecular complexity index is 197. The molecule has 0 spiro atoms. The lowest BCUT2D eigenvalue weighted by atomic mass is 10.2. The second kappa shape index (κ2) is 3.22. The lowest BCUT2D eigenvalue weighted by Gasteiger charge is -1.94. The Hall–Kier alpha value is -1.03. The summed E-state index contributed by atoms with van der Waals surface area (Å²) in [6, 6.07) is 0. The minimum absolute atomic E-state index is 0.463. The van der Waals surface area contributed by atoms with Crippen LogP contribution in [0.3, 0.4) is 0 Å². The highest BCUT2D eigenvalue weighted by Crippen LogP contribution is 2.16. The summed E-state index contributed by atoms with van der Waals surface area (Å²) in [5.74, 6) is 0.463. The van der Waals surface area contributed by atoms with Gasteiger partial charge in [-0.3, -0.25) is 0 Å². The molecule has 0 aliphatic rings. The first-order valence-corrected chi connectivity index (χ1v) is 3.06. The van der Waals surface area contributed by atoms with Crippen LogP contribution in [0.25, 0.3) is 0 Å². The van der Waals surface area contributed by atoms with Crippen molar-refractivity contribution in [2.75, 3.05) is 13.7 Å². The van der Waals surface area contributed by atoms with Crippen molar-refractivity contribution in [1.82, 2.24) is 5.16 Å². The summed E-state index contributed by atoms with van der Waals surface area (Å²) in [7, 11) is 1.54. The van der Waals surface area contributed by atoms with E-state index in [4.69, 9.17) is 15.0 Å². The van der Waals surface area contributed by atoms with Crippen molar-refractivity contribution >= 4 is 0 Å². The fourth-order valence-corrected chi connectivity index (χ4v) is 0.740. The lowest BCUT2D eigenvalue weighted by Crippen LogP contribution is -2.02. The van der Waals surface area contributed by atoms with Crippen LogP contribution in [0.1, 0.15) is 5.56 Å². The van der Waals surface area contributed by atoms with Gasteiger partial charge in [0.15, 0.2) is 0 Å². The summed E-state index contributed by atoms with van der Waals surface area (Å²) in [4.78, 5) is 0. The summed E-state index contributed by atoms with van der Waals surface area (Å²) in [5.41, 5.74) is 6.24. The monoisotopic (exact) mass is 142 g/mol. The highest BCUT2D eigenvalue weighted by atomic mass is 16.6. The molecular formula is C6H10N2O2. The Morgan fingerprint density at radius 2 is 2.60 bits per heavy atom. The normalized spacial score (nSPS) is 9.80. The zero-order valence-corrected chi connectivity index (χ0v) is 5.83. The van der Waals surface area contributed by atoms with Crippen LogP contribution in [-0.2, 0) is 6.42 Å². The molecule has 0 aliphatic carbocycles. The van der Waals surface area contributed by atoms with Crippen molar-refractivity contribution in [1.29, 1.82) is 0 Å². The third kappa shape index (κ3) is 1.27. The maximum Gasteiger partial charge on any atom is 0.314 e. The van der Waals surface area contributed by atoms with Gasteiger partial charge in [-0.2, -0.15) is 0 Å². The molecule has 1 rings (SSSR count). The van der Waals surface area contributed by atoms with E-state index in [0.29, 0.717) is 12.5 Å². The third-order valence-electron chi connectivity index (χ3n) is 1.21. The molecule has 1 heterocycles. The van der Waals surface area contributed by atoms with Crippen molar-refractivity contribution in [3.05, 3.63) is 11.8 Å². The third-order valence-corrected chi connectivity index (χ3v) is 1.21. The second-order valence-corrected chi connectivity index (χ2v) is 1.88. The number of methoxy groups -OCH3 is 1. The highest BCUT2D eigenvalue weighted by molar-refractivity contribution is 5.19. The highest BCUT2D eigenvalue weighted by Gasteiger charge is 2.05. The number of hydrogen-bond acceptors (Lipinski definition) is 4. The fourth-order valence-electron chi connectivity index (χ4n) is 0.740. The first kappa shape index (κ1) is 7.08. The van der Waals surface area contributed by atoms with Gasteiger partial charge in [0.05, 0.1) is 18.9 Å². The van der Waals surface area contributed by atoms with Crippen LogP contribution in [0.5, 0.6) is 5.95 Å². The average Bonchev–Trinajstić information content (AvgIpc) is 2.36. The predicted molar refractivity (Wildman–Crippen MR) is 35.8 cm³/mol. The van der Waals surface area contributed by atoms with Crippen LogP contribution in [0.4, 0.5) is 0 Å². The predicted octanol–water partition coefficient (Wildman–Crippen LogP) is 0.184. The van der Waals surface area contributed by atoms with E-state index in [2.05, 4.69) is 5.16 Å². The van der Waals surface area contributed by atoms with Crippen molar-refractivity contribution in [2.45, 2.75) is 6.42 Å². The van der Waals surface area contributed by atoms with Gasteiger partial charge in [-0.15, -0.1) is 0 Å². The summed E-state index contributed by atoms with van der Waals surface area (Å²) >= 11 is 0. The molecule has 0 saturated heterocycles. The largest absolute Gasteiger partial charge is 0.467 e. The quantitative estimate of drug-likeness (QED) is 0.654. The Morgan fingerprint density at radius 3 is 3.20 bits per heavy atom. The van der Waals surface area contributed by atoms with E-state index in [1.54, 1.807) is 13.3 Å². The molecule has 1 aromatic heterocycles. The van der Waals surface area contributed by atoms with E-state index in [9.17, 15) is 0 Å². The van der Waals surface area contributed by atoms with E-state index in [-0.39, 0.29) is 0 Å². The van der Waals surface area contributed by atoms with Crippen LogP contribution in [0.15, 0.2) is 10.7 Å². The van der Waals surface area contributed by atoms with E-state index < -0.39 is 0 Å². The molecule has 0 amide bonds. The minimum atomic E-state index is 0.463. The van der Waals surface area contributed by atoms with E-state index >= 15 is 0 Å². The molecular weight excluding hydrogens is 132 g/mol. The van der Waals surface area contributed by atoms with Gasteiger partial charge < -0.3 is 15.0 Å². The van der Waals surface area contributed by atoms with Gasteiger partial charge in [-0.25, -0.2) is 0 Å². The molecule has 4 nitrogen and oxygen atoms in total. The van der Waals surface area contributed by atoms with Gasteiger partial charge in [0, 0.05) is 0 Å². The van der Waals surface area contributed by atoms with E-state index in [1.807, 2.05) is 0 Å². The van der Waals surface area contributed by atoms with Crippen LogP contribution >= 0.6 is 0 Å². The molecule has 0 bridgehead atoms. The second-order valence-electron chi connectivity index (χ2n) is 1.88. The maximum atomic E-state index is 5.32. The molecule has 56 valence electrons. The standard InChI is InChI=1S/C6H10N2O2/c1-9-6-5(2-3-7)4-8-10-6/h4H,2-3,7H2,1H3. The van der Waals surface area contributed by atoms with Crippen LogP contribution in [-0.4, -0.2) is 18.8 Å². The van der Waals surface area contributed by atoms with Crippen molar-refractivity contribution in [2.24, 2.45) is 5.73 Å². The van der Waals surface area contributed by atoms with Crippen LogP contribution in [0, 0.1) is 0 Å². The molecule has 0 saturated carbocycles. The minimum Gasteiger partial charge on any atom is -0.467 e. The number of hydrogen-bond donors (Lipinski definition) is 1. The van der Waals surface area contributed by atoms with Gasteiger partial charge in [-0.1, -0.05) is 5.16 Å². The molecule has 2 N–H and O–H groups in total. The topological polar surface area (TPSA) is 61.3 Å². The number of aromatic nitrogens is 1. The number of rotatable bonds is 3. The molecule has 0 unspecified atom stereocenters. The van der Waals surface area contributed by atoms with E-state index in [1.165, 1.54) is 0 Å². The van der Waals surface area contributed by atoms with Crippen molar-refractivity contribution in [3.63, 3.8) is 0 Å². The van der Waals surface area contributed by atoms with Gasteiger partial charge in [0.2, 0.25) is 0 Å². The molecule has 0 aliphatic heterocycles. The average molecular weight is 142 g/mol. The van der Waals surface area contributed by atoms with Gasteiger partial charge in [0.1, 0.15) is 0 Å². The Balaban J connectivity index is 2.70. The summed E-state index contributed by atoms with van der Waals surface area (Å²) in [6.45, 7) is 0.581. The molecule has 0 atom stereocenters. The summed E-state index contributed by atoms with van der Waals surface area (Å²) in [5, 5.41) is 3.56. The molecule has 0 fully saturated rings. The maximum absolute atomic E-state index is 5.32. The molecule has 10 heavy (non-hydrogen) atoms. The van der Waals surface area contributed by atoms with Gasteiger partial charge >= 0.3 is 5.95 Å². The molecule has 1 aromatic rings. The van der Waals surface area contributed by atoms with Crippen molar-refractivity contribution in [3.8, 4) is 5.95 Å². The smallest absolute Gasteiger partial charge is 0.314 e. The first-order chi connectivity index (χ1) is 4.88. The number of ether oxygens (including phenoxy) is 1. The molecule has 0 radical (unpaired) electrons. The van der Waals surface area contributed by atoms with Crippen LogP contribution < -0.4 is 10.5 Å². The molecule has 0 aromatic carbocycles. The zero-order valence-electron chi connectivity index (χ0n) is 5.83.